The summed E-state index contributed by atoms with van der Waals surface area (Å²) in [5.41, 5.74) is 2.16. The lowest BCUT2D eigenvalue weighted by molar-refractivity contribution is -0.121. The van der Waals surface area contributed by atoms with Gasteiger partial charge in [-0.1, -0.05) is 82.5 Å². The molecule has 1 aliphatic heterocycles. The number of thiophene rings is 1. The topological polar surface area (TPSA) is 95.0 Å². The predicted molar refractivity (Wildman–Crippen MR) is 158 cm³/mol. The van der Waals surface area contributed by atoms with E-state index in [0.29, 0.717) is 5.69 Å². The summed E-state index contributed by atoms with van der Waals surface area (Å²) in [6, 6.07) is 17.8. The van der Waals surface area contributed by atoms with Crippen LogP contribution in [0.1, 0.15) is 68.1 Å². The number of hydrogen-bond donors (Lipinski definition) is 1. The Labute approximate surface area is 240 Å². The van der Waals surface area contributed by atoms with Gasteiger partial charge in [-0.3, -0.25) is 4.79 Å². The Kier molecular flexibility index (Phi) is 7.92. The molecule has 1 atom stereocenters. The van der Waals surface area contributed by atoms with E-state index in [1.807, 2.05) is 42.5 Å². The van der Waals surface area contributed by atoms with E-state index in [2.05, 4.69) is 20.8 Å². The summed E-state index contributed by atoms with van der Waals surface area (Å²) in [4.78, 5) is 28.9. The summed E-state index contributed by atoms with van der Waals surface area (Å²) >= 11 is 1.15. The van der Waals surface area contributed by atoms with Gasteiger partial charge in [0, 0.05) is 11.4 Å². The van der Waals surface area contributed by atoms with Crippen molar-refractivity contribution in [3.05, 3.63) is 71.1 Å². The Morgan fingerprint density at radius 2 is 1.62 bits per heavy atom. The highest BCUT2D eigenvalue weighted by Crippen LogP contribution is 2.42. The fourth-order valence-corrected chi connectivity index (χ4v) is 8.28. The number of anilines is 1. The molecule has 2 aliphatic rings. The molecule has 1 saturated carbocycles. The van der Waals surface area contributed by atoms with E-state index >= 15 is 0 Å². The number of benzene rings is 2. The Balaban J connectivity index is 1.53. The average Bonchev–Trinajstić information content (AvgIpc) is 3.38. The van der Waals surface area contributed by atoms with Crippen LogP contribution in [0.15, 0.2) is 65.6 Å². The van der Waals surface area contributed by atoms with Gasteiger partial charge in [0.2, 0.25) is 15.9 Å². The fourth-order valence-electron chi connectivity index (χ4n) is 5.88. The number of carbonyl (C=O) groups is 2. The molecule has 2 fully saturated rings. The normalized spacial score (nSPS) is 19.6. The smallest absolute Gasteiger partial charge is 0.348 e. The van der Waals surface area contributed by atoms with Crippen molar-refractivity contribution in [2.75, 3.05) is 18.0 Å². The largest absolute Gasteiger partial charge is 0.477 e. The van der Waals surface area contributed by atoms with Crippen molar-refractivity contribution >= 4 is 38.9 Å². The van der Waals surface area contributed by atoms with E-state index in [0.717, 1.165) is 59.4 Å². The maximum absolute atomic E-state index is 13.9. The van der Waals surface area contributed by atoms with Gasteiger partial charge in [0.25, 0.3) is 0 Å². The van der Waals surface area contributed by atoms with Crippen LogP contribution in [0.4, 0.5) is 5.69 Å². The summed E-state index contributed by atoms with van der Waals surface area (Å²) in [6.45, 7) is 6.02. The zero-order chi connectivity index (χ0) is 28.7. The van der Waals surface area contributed by atoms with Crippen molar-refractivity contribution in [1.29, 1.82) is 0 Å². The number of nitrogens with zero attached hydrogens (tertiary/aromatic N) is 2. The number of aromatic carboxylic acids is 1. The summed E-state index contributed by atoms with van der Waals surface area (Å²) in [6.07, 6.45) is 4.88. The minimum absolute atomic E-state index is 0.0840. The lowest BCUT2D eigenvalue weighted by Crippen LogP contribution is -2.60. The van der Waals surface area contributed by atoms with E-state index in [1.165, 1.54) is 4.31 Å². The second-order valence-corrected chi connectivity index (χ2v) is 14.8. The van der Waals surface area contributed by atoms with Crippen LogP contribution in [-0.2, 0) is 20.2 Å². The number of sulfonamides is 1. The number of piperazine rings is 1. The van der Waals surface area contributed by atoms with Gasteiger partial charge < -0.3 is 10.0 Å². The lowest BCUT2D eigenvalue weighted by Gasteiger charge is -2.44. The minimum atomic E-state index is -3.93. The molecule has 3 aromatic rings. The Morgan fingerprint density at radius 3 is 2.23 bits per heavy atom. The van der Waals surface area contributed by atoms with E-state index in [-0.39, 0.29) is 34.2 Å². The summed E-state index contributed by atoms with van der Waals surface area (Å²) in [5.74, 6) is -1.40. The quantitative estimate of drug-likeness (QED) is 0.364. The monoisotopic (exact) mass is 580 g/mol. The second-order valence-electron chi connectivity index (χ2n) is 11.8. The highest BCUT2D eigenvalue weighted by atomic mass is 32.2. The van der Waals surface area contributed by atoms with Crippen LogP contribution in [0, 0.1) is 5.92 Å². The molecule has 0 radical (unpaired) electrons. The van der Waals surface area contributed by atoms with Crippen LogP contribution < -0.4 is 4.90 Å². The lowest BCUT2D eigenvalue weighted by atomic mass is 9.82. The molecule has 1 unspecified atom stereocenters. The molecule has 9 heteroatoms. The molecule has 1 N–H and O–H groups in total. The van der Waals surface area contributed by atoms with Gasteiger partial charge in [0.1, 0.15) is 4.88 Å². The molecular formula is C31H36N2O5S2. The number of rotatable bonds is 6. The summed E-state index contributed by atoms with van der Waals surface area (Å²) < 4.78 is 28.9. The fraction of sp³-hybridized carbons (Fsp3) is 0.419. The number of carbonyl (C=O) groups excluding carboxylic acids is 1. The first-order valence-corrected chi connectivity index (χ1v) is 16.1. The number of hydrogen-bond acceptors (Lipinski definition) is 5. The molecule has 7 nitrogen and oxygen atoms in total. The molecule has 0 bridgehead atoms. The molecule has 2 heterocycles. The van der Waals surface area contributed by atoms with Gasteiger partial charge in [-0.05, 0) is 53.5 Å². The zero-order valence-electron chi connectivity index (χ0n) is 23.2. The second kappa shape index (κ2) is 11.1. The highest BCUT2D eigenvalue weighted by Gasteiger charge is 2.44. The van der Waals surface area contributed by atoms with E-state index < -0.39 is 27.9 Å². The first-order chi connectivity index (χ1) is 19.0. The van der Waals surface area contributed by atoms with Crippen LogP contribution >= 0.6 is 11.3 Å². The predicted octanol–water partition coefficient (Wildman–Crippen LogP) is 6.40. The first kappa shape index (κ1) is 28.5. The highest BCUT2D eigenvalue weighted by molar-refractivity contribution is 7.89. The molecular weight excluding hydrogens is 544 g/mol. The van der Waals surface area contributed by atoms with E-state index in [9.17, 15) is 23.1 Å². The van der Waals surface area contributed by atoms with Crippen LogP contribution in [0.3, 0.4) is 0 Å². The standard InChI is InChI=1S/C31H36N2O5S2/c1-31(2,3)23-14-16-24(17-15-23)40(37,38)32-19-26(21-10-6-4-7-11-21)33(28(34)20-32)25-18-27(39-29(25)30(35)36)22-12-8-5-9-13-22/h5,8-9,12-18,21,26H,4,6-7,10-11,19-20H2,1-3H3,(H,35,36). The molecule has 0 spiro atoms. The number of amides is 1. The Bertz CT molecular complexity index is 1480. The van der Waals surface area contributed by atoms with E-state index in [4.69, 9.17) is 0 Å². The third-order valence-electron chi connectivity index (χ3n) is 8.08. The van der Waals surface area contributed by atoms with Gasteiger partial charge in [-0.2, -0.15) is 4.31 Å². The van der Waals surface area contributed by atoms with Crippen molar-refractivity contribution in [3.8, 4) is 10.4 Å². The summed E-state index contributed by atoms with van der Waals surface area (Å²) in [5, 5.41) is 10.1. The van der Waals surface area contributed by atoms with Gasteiger partial charge in [-0.15, -0.1) is 11.3 Å². The first-order valence-electron chi connectivity index (χ1n) is 13.8. The van der Waals surface area contributed by atoms with Crippen molar-refractivity contribution in [2.24, 2.45) is 5.92 Å². The van der Waals surface area contributed by atoms with Crippen molar-refractivity contribution in [2.45, 2.75) is 69.2 Å². The molecule has 212 valence electrons. The van der Waals surface area contributed by atoms with Gasteiger partial charge in [-0.25, -0.2) is 13.2 Å². The molecule has 1 amide bonds. The zero-order valence-corrected chi connectivity index (χ0v) is 24.8. The van der Waals surface area contributed by atoms with Gasteiger partial charge in [0.15, 0.2) is 0 Å². The third kappa shape index (κ3) is 5.60. The average molecular weight is 581 g/mol. The van der Waals surface area contributed by atoms with Crippen LogP contribution in [-0.4, -0.2) is 48.8 Å². The summed E-state index contributed by atoms with van der Waals surface area (Å²) in [7, 11) is -3.93. The number of carboxylic acids is 1. The van der Waals surface area contributed by atoms with Crippen LogP contribution in [0.25, 0.3) is 10.4 Å². The molecule has 1 saturated heterocycles. The van der Waals surface area contributed by atoms with Gasteiger partial charge >= 0.3 is 5.97 Å². The van der Waals surface area contributed by atoms with Gasteiger partial charge in [0.05, 0.1) is 23.2 Å². The molecule has 5 rings (SSSR count). The third-order valence-corrected chi connectivity index (χ3v) is 11.1. The maximum Gasteiger partial charge on any atom is 0.348 e. The molecule has 1 aliphatic carbocycles. The van der Waals surface area contributed by atoms with Crippen molar-refractivity contribution in [1.82, 2.24) is 4.31 Å². The van der Waals surface area contributed by atoms with E-state index in [1.54, 1.807) is 23.1 Å². The SMILES string of the molecule is CC(C)(C)c1ccc(S(=O)(=O)N2CC(=O)N(c3cc(-c4ccccc4)sc3C(=O)O)C(C3CCCCC3)C2)cc1. The Morgan fingerprint density at radius 1 is 0.975 bits per heavy atom. The molecule has 2 aromatic carbocycles. The van der Waals surface area contributed by atoms with Crippen LogP contribution in [0.2, 0.25) is 0 Å². The maximum atomic E-state index is 13.9. The Hall–Kier alpha value is -3.01. The minimum Gasteiger partial charge on any atom is -0.477 e. The number of carboxylic acid groups (broad SMARTS) is 1. The molecule has 1 aromatic heterocycles. The van der Waals surface area contributed by atoms with Crippen molar-refractivity contribution < 1.29 is 23.1 Å². The van der Waals surface area contributed by atoms with Crippen molar-refractivity contribution in [3.63, 3.8) is 0 Å². The van der Waals surface area contributed by atoms with Crippen LogP contribution in [0.5, 0.6) is 0 Å². The molecule has 40 heavy (non-hydrogen) atoms.